The van der Waals surface area contributed by atoms with Gasteiger partial charge in [-0.2, -0.15) is 0 Å². The van der Waals surface area contributed by atoms with Crippen LogP contribution in [0.4, 0.5) is 0 Å². The van der Waals surface area contributed by atoms with Gasteiger partial charge in [-0.1, -0.05) is 26.8 Å². The highest BCUT2D eigenvalue weighted by Gasteiger charge is 2.40. The minimum atomic E-state index is -1.09. The Bertz CT molecular complexity index is 257. The Kier molecular flexibility index (Phi) is 6.07. The normalized spacial score (nSPS) is 15.6. The first-order chi connectivity index (χ1) is 7.29. The molecule has 0 aliphatic rings. The quantitative estimate of drug-likeness (QED) is 0.296. The maximum atomic E-state index is 6.25. The number of rotatable bonds is 6. The van der Waals surface area contributed by atoms with Gasteiger partial charge in [-0.3, -0.25) is 0 Å². The highest BCUT2D eigenvalue weighted by atomic mass is 28.3. The number of hydrogen-bond acceptors (Lipinski definition) is 1. The predicted octanol–water partition coefficient (Wildman–Crippen LogP) is 3.76. The fraction of sp³-hybridized carbons (Fsp3) is 0.714. The Balaban J connectivity index is 4.84. The first kappa shape index (κ1) is 15.5. The predicted molar refractivity (Wildman–Crippen MR) is 75.0 cm³/mol. The lowest BCUT2D eigenvalue weighted by Gasteiger charge is -2.44. The largest absolute Gasteiger partial charge is 0.411 e. The highest BCUT2D eigenvalue weighted by molar-refractivity contribution is 6.48. The number of unbranched alkanes of at least 4 members (excludes halogenated alkanes) is 1. The molecule has 0 saturated carbocycles. The van der Waals surface area contributed by atoms with Crippen LogP contribution in [-0.2, 0) is 4.43 Å². The Hall–Kier alpha value is -0.523. The third kappa shape index (κ3) is 4.15. The standard InChI is InChI=1S/C14H26OSi/c1-8-10-11-12-14(9-2,13(3,4)5)15-16(6)7/h1,9,16H,2,10-12H2,3-7H3. The van der Waals surface area contributed by atoms with Crippen molar-refractivity contribution < 1.29 is 4.43 Å². The summed E-state index contributed by atoms with van der Waals surface area (Å²) >= 11 is 0. The van der Waals surface area contributed by atoms with Gasteiger partial charge in [0.05, 0.1) is 5.60 Å². The van der Waals surface area contributed by atoms with Crippen molar-refractivity contribution in [2.45, 2.75) is 58.7 Å². The number of terminal acetylenes is 1. The van der Waals surface area contributed by atoms with Crippen LogP contribution in [0.25, 0.3) is 0 Å². The molecular formula is C14H26OSi. The van der Waals surface area contributed by atoms with Crippen molar-refractivity contribution in [2.75, 3.05) is 0 Å². The van der Waals surface area contributed by atoms with Crippen LogP contribution in [0.5, 0.6) is 0 Å². The maximum Gasteiger partial charge on any atom is 0.172 e. The molecule has 0 heterocycles. The monoisotopic (exact) mass is 238 g/mol. The Morgan fingerprint density at radius 1 is 1.38 bits per heavy atom. The Morgan fingerprint density at radius 3 is 2.25 bits per heavy atom. The van der Waals surface area contributed by atoms with Crippen LogP contribution < -0.4 is 0 Å². The van der Waals surface area contributed by atoms with E-state index >= 15 is 0 Å². The van der Waals surface area contributed by atoms with Crippen molar-refractivity contribution >= 4 is 9.04 Å². The van der Waals surface area contributed by atoms with E-state index < -0.39 is 9.04 Å². The lowest BCUT2D eigenvalue weighted by Crippen LogP contribution is -2.46. The van der Waals surface area contributed by atoms with Crippen LogP contribution in [0.2, 0.25) is 13.1 Å². The summed E-state index contributed by atoms with van der Waals surface area (Å²) < 4.78 is 6.25. The molecule has 1 unspecified atom stereocenters. The van der Waals surface area contributed by atoms with Gasteiger partial charge in [0, 0.05) is 6.42 Å². The molecule has 0 amide bonds. The zero-order valence-corrected chi connectivity index (χ0v) is 12.6. The minimum Gasteiger partial charge on any atom is -0.411 e. The zero-order valence-electron chi connectivity index (χ0n) is 11.5. The topological polar surface area (TPSA) is 9.23 Å². The number of hydrogen-bond donors (Lipinski definition) is 0. The van der Waals surface area contributed by atoms with Crippen LogP contribution in [0.3, 0.4) is 0 Å². The van der Waals surface area contributed by atoms with Gasteiger partial charge in [-0.15, -0.1) is 18.9 Å². The van der Waals surface area contributed by atoms with Gasteiger partial charge < -0.3 is 4.43 Å². The van der Waals surface area contributed by atoms with Crippen LogP contribution in [0.1, 0.15) is 40.0 Å². The summed E-state index contributed by atoms with van der Waals surface area (Å²) in [5, 5.41) is 0. The van der Waals surface area contributed by atoms with Gasteiger partial charge in [0.25, 0.3) is 0 Å². The van der Waals surface area contributed by atoms with E-state index in [1.54, 1.807) is 0 Å². The molecule has 1 atom stereocenters. The van der Waals surface area contributed by atoms with Crippen molar-refractivity contribution in [3.63, 3.8) is 0 Å². The summed E-state index contributed by atoms with van der Waals surface area (Å²) in [5.41, 5.74) is -0.148. The third-order valence-corrected chi connectivity index (χ3v) is 3.81. The van der Waals surface area contributed by atoms with Crippen LogP contribution in [-0.4, -0.2) is 14.6 Å². The summed E-state index contributed by atoms with van der Waals surface area (Å²) in [7, 11) is -1.09. The lowest BCUT2D eigenvalue weighted by atomic mass is 9.73. The molecule has 0 fully saturated rings. The SMILES string of the molecule is C#CCCCC(C=C)(O[SiH](C)C)C(C)(C)C. The highest BCUT2D eigenvalue weighted by Crippen LogP contribution is 2.39. The minimum absolute atomic E-state index is 0.0701. The maximum absolute atomic E-state index is 6.25. The average molecular weight is 238 g/mol. The van der Waals surface area contributed by atoms with E-state index in [1.807, 2.05) is 6.08 Å². The van der Waals surface area contributed by atoms with E-state index in [0.717, 1.165) is 19.3 Å². The van der Waals surface area contributed by atoms with Crippen molar-refractivity contribution in [2.24, 2.45) is 5.41 Å². The van der Waals surface area contributed by atoms with E-state index in [9.17, 15) is 0 Å². The summed E-state index contributed by atoms with van der Waals surface area (Å²) in [6.07, 6.45) is 10.1. The third-order valence-electron chi connectivity index (χ3n) is 2.91. The molecule has 0 aromatic rings. The summed E-state index contributed by atoms with van der Waals surface area (Å²) in [5.74, 6) is 2.69. The van der Waals surface area contributed by atoms with Gasteiger partial charge in [-0.25, -0.2) is 0 Å². The van der Waals surface area contributed by atoms with E-state index in [4.69, 9.17) is 10.8 Å². The van der Waals surface area contributed by atoms with Crippen molar-refractivity contribution in [1.82, 2.24) is 0 Å². The molecule has 0 N–H and O–H groups in total. The van der Waals surface area contributed by atoms with Gasteiger partial charge in [0.1, 0.15) is 0 Å². The summed E-state index contributed by atoms with van der Waals surface area (Å²) in [4.78, 5) is 0. The van der Waals surface area contributed by atoms with Crippen LogP contribution in [0, 0.1) is 17.8 Å². The fourth-order valence-electron chi connectivity index (χ4n) is 1.94. The van der Waals surface area contributed by atoms with Crippen molar-refractivity contribution in [1.29, 1.82) is 0 Å². The van der Waals surface area contributed by atoms with Crippen molar-refractivity contribution in [3.8, 4) is 12.3 Å². The van der Waals surface area contributed by atoms with Crippen LogP contribution in [0.15, 0.2) is 12.7 Å². The molecular weight excluding hydrogens is 212 g/mol. The Morgan fingerprint density at radius 2 is 1.94 bits per heavy atom. The molecule has 0 aromatic heterocycles. The second-order valence-corrected chi connectivity index (χ2v) is 7.90. The second kappa shape index (κ2) is 6.27. The smallest absolute Gasteiger partial charge is 0.172 e. The molecule has 0 radical (unpaired) electrons. The fourth-order valence-corrected chi connectivity index (χ4v) is 3.35. The lowest BCUT2D eigenvalue weighted by molar-refractivity contribution is 0.000940. The molecule has 0 aliphatic carbocycles. The van der Waals surface area contributed by atoms with Gasteiger partial charge in [-0.05, 0) is 31.4 Å². The van der Waals surface area contributed by atoms with Crippen molar-refractivity contribution in [3.05, 3.63) is 12.7 Å². The van der Waals surface area contributed by atoms with E-state index in [1.165, 1.54) is 0 Å². The molecule has 0 bridgehead atoms. The average Bonchev–Trinajstić information content (AvgIpc) is 2.14. The molecule has 0 rings (SSSR count). The molecule has 16 heavy (non-hydrogen) atoms. The molecule has 92 valence electrons. The summed E-state index contributed by atoms with van der Waals surface area (Å²) in [6.45, 7) is 15.0. The van der Waals surface area contributed by atoms with E-state index in [2.05, 4.69) is 46.4 Å². The first-order valence-electron chi connectivity index (χ1n) is 6.04. The van der Waals surface area contributed by atoms with E-state index in [0.29, 0.717) is 0 Å². The first-order valence-corrected chi connectivity index (χ1v) is 8.82. The zero-order chi connectivity index (χ0) is 12.8. The van der Waals surface area contributed by atoms with Gasteiger partial charge >= 0.3 is 0 Å². The van der Waals surface area contributed by atoms with Crippen LogP contribution >= 0.6 is 0 Å². The Labute approximate surface area is 103 Å². The molecule has 0 saturated heterocycles. The molecule has 0 spiro atoms. The van der Waals surface area contributed by atoms with Gasteiger partial charge in [0.2, 0.25) is 0 Å². The second-order valence-electron chi connectivity index (χ2n) is 5.57. The van der Waals surface area contributed by atoms with E-state index in [-0.39, 0.29) is 11.0 Å². The molecule has 2 heteroatoms. The summed E-state index contributed by atoms with van der Waals surface area (Å²) in [6, 6.07) is 0. The molecule has 0 aliphatic heterocycles. The molecule has 0 aromatic carbocycles. The molecule has 1 nitrogen and oxygen atoms in total. The van der Waals surface area contributed by atoms with Gasteiger partial charge in [0.15, 0.2) is 9.04 Å².